The maximum absolute atomic E-state index is 13.2. The fourth-order valence-corrected chi connectivity index (χ4v) is 4.13. The molecule has 1 heterocycles. The Morgan fingerprint density at radius 3 is 2.24 bits per heavy atom. The number of ether oxygens (including phenoxy) is 2. The van der Waals surface area contributed by atoms with E-state index in [1.54, 1.807) is 18.2 Å². The maximum atomic E-state index is 13.2. The third-order valence-corrected chi connectivity index (χ3v) is 5.73. The molecule has 4 amide bonds. The summed E-state index contributed by atoms with van der Waals surface area (Å²) < 4.78 is 11.7. The van der Waals surface area contributed by atoms with Crippen molar-refractivity contribution in [1.29, 1.82) is 0 Å². The summed E-state index contributed by atoms with van der Waals surface area (Å²) >= 11 is 0. The summed E-state index contributed by atoms with van der Waals surface area (Å²) in [4.78, 5) is 50.1. The highest BCUT2D eigenvalue weighted by molar-refractivity contribution is 6.39. The van der Waals surface area contributed by atoms with Crippen LogP contribution >= 0.6 is 0 Å². The predicted octanol–water partition coefficient (Wildman–Crippen LogP) is 4.65. The summed E-state index contributed by atoms with van der Waals surface area (Å²) in [7, 11) is 0. The minimum atomic E-state index is -1.15. The van der Waals surface area contributed by atoms with Crippen LogP contribution in [0.1, 0.15) is 39.5 Å². The number of carboxylic acids is 1. The number of benzene rings is 3. The van der Waals surface area contributed by atoms with Crippen molar-refractivity contribution < 1.29 is 33.8 Å². The molecular weight excluding hydrogens is 488 g/mol. The molecule has 0 aromatic heterocycles. The van der Waals surface area contributed by atoms with Crippen LogP contribution in [-0.4, -0.2) is 35.5 Å². The molecule has 38 heavy (non-hydrogen) atoms. The number of barbiturate groups is 1. The smallest absolute Gasteiger partial charge is 0.335 e. The van der Waals surface area contributed by atoms with Crippen LogP contribution in [-0.2, 0) is 16.2 Å². The molecule has 3 aromatic carbocycles. The van der Waals surface area contributed by atoms with Gasteiger partial charge in [-0.3, -0.25) is 14.9 Å². The van der Waals surface area contributed by atoms with E-state index in [4.69, 9.17) is 14.6 Å². The Morgan fingerprint density at radius 2 is 1.61 bits per heavy atom. The molecular formula is C29H26N2O7. The number of nitrogens with one attached hydrogen (secondary N) is 1. The normalized spacial score (nSPS) is 14.4. The van der Waals surface area contributed by atoms with Gasteiger partial charge in [0.2, 0.25) is 0 Å². The van der Waals surface area contributed by atoms with Gasteiger partial charge in [0.15, 0.2) is 11.5 Å². The third-order valence-electron chi connectivity index (χ3n) is 5.73. The molecule has 9 nitrogen and oxygen atoms in total. The molecule has 194 valence electrons. The quantitative estimate of drug-likeness (QED) is 0.332. The average Bonchev–Trinajstić information content (AvgIpc) is 2.86. The third kappa shape index (κ3) is 5.73. The first kappa shape index (κ1) is 26.2. The number of hydrogen-bond acceptors (Lipinski definition) is 6. The predicted molar refractivity (Wildman–Crippen MR) is 140 cm³/mol. The molecule has 0 saturated carbocycles. The zero-order chi connectivity index (χ0) is 27.4. The topological polar surface area (TPSA) is 122 Å². The first-order valence-electron chi connectivity index (χ1n) is 11.9. The van der Waals surface area contributed by atoms with Crippen molar-refractivity contribution in [1.82, 2.24) is 5.32 Å². The first-order valence-corrected chi connectivity index (χ1v) is 11.9. The first-order chi connectivity index (χ1) is 18.2. The highest BCUT2D eigenvalue weighted by Crippen LogP contribution is 2.31. The van der Waals surface area contributed by atoms with Crippen LogP contribution in [0.15, 0.2) is 66.2 Å². The number of aryl methyl sites for hydroxylation is 2. The Kier molecular flexibility index (Phi) is 7.57. The monoisotopic (exact) mass is 514 g/mol. The molecule has 1 aliphatic rings. The number of rotatable bonds is 8. The summed E-state index contributed by atoms with van der Waals surface area (Å²) in [5, 5.41) is 11.2. The fraction of sp³-hybridized carbons (Fsp3) is 0.172. The van der Waals surface area contributed by atoms with Gasteiger partial charge in [-0.2, -0.15) is 0 Å². The molecule has 3 aromatic rings. The summed E-state index contributed by atoms with van der Waals surface area (Å²) in [5.41, 5.74) is 3.63. The second kappa shape index (κ2) is 11.0. The Hall–Kier alpha value is -4.92. The number of carbonyl (C=O) groups is 4. The SMILES string of the molecule is CCOc1cc(/C=C2\C(=O)NC(=O)N(c3ccc(C(=O)O)cc3)C2=O)ccc1OCc1cc(C)cc(C)c1. The number of urea groups is 1. The summed E-state index contributed by atoms with van der Waals surface area (Å²) in [6.45, 7) is 6.57. The number of imide groups is 2. The van der Waals surface area contributed by atoms with E-state index in [1.807, 2.05) is 32.9 Å². The van der Waals surface area contributed by atoms with Gasteiger partial charge in [0, 0.05) is 0 Å². The number of carbonyl (C=O) groups excluding carboxylic acids is 3. The number of carboxylic acid groups (broad SMARTS) is 1. The number of amides is 4. The lowest BCUT2D eigenvalue weighted by Gasteiger charge is -2.26. The van der Waals surface area contributed by atoms with Gasteiger partial charge in [-0.05, 0) is 74.4 Å². The highest BCUT2D eigenvalue weighted by Gasteiger charge is 2.36. The standard InChI is InChI=1S/C29H26N2O7/c1-4-37-25-15-19(5-10-24(25)38-16-20-12-17(2)11-18(3)13-20)14-23-26(32)30-29(36)31(27(23)33)22-8-6-21(7-9-22)28(34)35/h5-15H,4,16H2,1-3H3,(H,34,35)(H,30,32,36)/b23-14+. The van der Waals surface area contributed by atoms with Crippen LogP contribution in [0, 0.1) is 13.8 Å². The molecule has 4 rings (SSSR count). The molecule has 0 spiro atoms. The second-order valence-electron chi connectivity index (χ2n) is 8.73. The number of nitrogens with zero attached hydrogens (tertiary/aromatic N) is 1. The minimum Gasteiger partial charge on any atom is -0.490 e. The van der Waals surface area contributed by atoms with E-state index < -0.39 is 23.8 Å². The van der Waals surface area contributed by atoms with E-state index in [0.29, 0.717) is 30.3 Å². The number of anilines is 1. The van der Waals surface area contributed by atoms with Crippen molar-refractivity contribution in [2.75, 3.05) is 11.5 Å². The maximum Gasteiger partial charge on any atom is 0.335 e. The van der Waals surface area contributed by atoms with E-state index in [1.165, 1.54) is 30.3 Å². The Morgan fingerprint density at radius 1 is 0.921 bits per heavy atom. The molecule has 0 aliphatic carbocycles. The minimum absolute atomic E-state index is 0.00578. The molecule has 1 saturated heterocycles. The Bertz CT molecular complexity index is 1440. The van der Waals surface area contributed by atoms with Crippen LogP contribution < -0.4 is 19.7 Å². The molecule has 9 heteroatoms. The summed E-state index contributed by atoms with van der Waals surface area (Å²) in [6, 6.07) is 15.4. The average molecular weight is 515 g/mol. The van der Waals surface area contributed by atoms with E-state index in [9.17, 15) is 19.2 Å². The second-order valence-corrected chi connectivity index (χ2v) is 8.73. The van der Waals surface area contributed by atoms with Gasteiger partial charge in [-0.25, -0.2) is 14.5 Å². The lowest BCUT2D eigenvalue weighted by molar-refractivity contribution is -0.122. The largest absolute Gasteiger partial charge is 0.490 e. The van der Waals surface area contributed by atoms with Gasteiger partial charge in [0.1, 0.15) is 12.2 Å². The van der Waals surface area contributed by atoms with Crippen molar-refractivity contribution in [3.05, 3.63) is 94.1 Å². The fourth-order valence-electron chi connectivity index (χ4n) is 4.13. The van der Waals surface area contributed by atoms with E-state index in [0.717, 1.165) is 21.6 Å². The number of hydrogen-bond donors (Lipinski definition) is 2. The molecule has 0 bridgehead atoms. The zero-order valence-corrected chi connectivity index (χ0v) is 21.1. The van der Waals surface area contributed by atoms with Crippen LogP contribution in [0.2, 0.25) is 0 Å². The summed E-state index contributed by atoms with van der Waals surface area (Å²) in [5.74, 6) is -1.88. The van der Waals surface area contributed by atoms with Gasteiger partial charge < -0.3 is 14.6 Å². The van der Waals surface area contributed by atoms with Crippen molar-refractivity contribution in [3.8, 4) is 11.5 Å². The Balaban J connectivity index is 1.60. The van der Waals surface area contributed by atoms with Gasteiger partial charge in [-0.1, -0.05) is 35.4 Å². The Labute approximate surface area is 219 Å². The van der Waals surface area contributed by atoms with Crippen molar-refractivity contribution in [2.45, 2.75) is 27.4 Å². The van der Waals surface area contributed by atoms with Crippen LogP contribution in [0.25, 0.3) is 6.08 Å². The van der Waals surface area contributed by atoms with E-state index >= 15 is 0 Å². The van der Waals surface area contributed by atoms with Crippen LogP contribution in [0.5, 0.6) is 11.5 Å². The highest BCUT2D eigenvalue weighted by atomic mass is 16.5. The lowest BCUT2D eigenvalue weighted by Crippen LogP contribution is -2.54. The summed E-state index contributed by atoms with van der Waals surface area (Å²) in [6.07, 6.45) is 1.36. The molecule has 1 aliphatic heterocycles. The van der Waals surface area contributed by atoms with Gasteiger partial charge in [0.25, 0.3) is 11.8 Å². The molecule has 0 atom stereocenters. The van der Waals surface area contributed by atoms with Crippen LogP contribution in [0.3, 0.4) is 0 Å². The number of aromatic carboxylic acids is 1. The molecule has 0 unspecified atom stereocenters. The van der Waals surface area contributed by atoms with Gasteiger partial charge in [-0.15, -0.1) is 0 Å². The van der Waals surface area contributed by atoms with E-state index in [2.05, 4.69) is 11.4 Å². The van der Waals surface area contributed by atoms with Crippen molar-refractivity contribution >= 4 is 35.6 Å². The molecule has 2 N–H and O–H groups in total. The van der Waals surface area contributed by atoms with E-state index in [-0.39, 0.29) is 16.8 Å². The zero-order valence-electron chi connectivity index (χ0n) is 21.1. The lowest BCUT2D eigenvalue weighted by atomic mass is 10.1. The van der Waals surface area contributed by atoms with Gasteiger partial charge >= 0.3 is 12.0 Å². The van der Waals surface area contributed by atoms with Crippen molar-refractivity contribution in [2.24, 2.45) is 0 Å². The van der Waals surface area contributed by atoms with Crippen LogP contribution in [0.4, 0.5) is 10.5 Å². The van der Waals surface area contributed by atoms with Gasteiger partial charge in [0.05, 0.1) is 17.9 Å². The molecule has 0 radical (unpaired) electrons. The molecule has 1 fully saturated rings. The van der Waals surface area contributed by atoms with Crippen molar-refractivity contribution in [3.63, 3.8) is 0 Å².